The topological polar surface area (TPSA) is 42.0 Å². The van der Waals surface area contributed by atoms with E-state index in [2.05, 4.69) is 10.3 Å². The van der Waals surface area contributed by atoms with Crippen molar-refractivity contribution >= 4 is 29.0 Å². The third kappa shape index (κ3) is 2.58. The molecule has 1 aromatic heterocycles. The van der Waals surface area contributed by atoms with Gasteiger partial charge in [0, 0.05) is 16.0 Å². The molecule has 1 aromatic carbocycles. The Bertz CT molecular complexity index is 656. The number of aryl methyl sites for hydroxylation is 1. The second-order valence-electron chi connectivity index (χ2n) is 4.57. The highest BCUT2D eigenvalue weighted by Gasteiger charge is 2.25. The number of hydrogen-bond donors (Lipinski definition) is 1. The zero-order valence-corrected chi connectivity index (χ0v) is 12.5. The number of rotatable bonds is 2. The van der Waals surface area contributed by atoms with E-state index in [9.17, 15) is 9.18 Å². The molecule has 1 N–H and O–H groups in total. The van der Waals surface area contributed by atoms with Gasteiger partial charge in [-0.05, 0) is 25.0 Å². The molecule has 6 heteroatoms. The molecule has 2 heterocycles. The number of carbonyl (C=O) groups is 1. The van der Waals surface area contributed by atoms with Gasteiger partial charge in [-0.2, -0.15) is 0 Å². The van der Waals surface area contributed by atoms with E-state index in [0.717, 1.165) is 22.7 Å². The van der Waals surface area contributed by atoms with Gasteiger partial charge in [0.25, 0.3) is 5.91 Å². The first-order valence-electron chi connectivity index (χ1n) is 6.29. The summed E-state index contributed by atoms with van der Waals surface area (Å²) in [4.78, 5) is 17.0. The molecule has 20 heavy (non-hydrogen) atoms. The Morgan fingerprint density at radius 2 is 2.35 bits per heavy atom. The number of nitrogens with one attached hydrogen (secondary N) is 1. The number of thioether (sulfide) groups is 1. The first-order valence-corrected chi connectivity index (χ1v) is 8.16. The smallest absolute Gasteiger partial charge is 0.271 e. The van der Waals surface area contributed by atoms with Crippen molar-refractivity contribution in [3.05, 3.63) is 45.7 Å². The van der Waals surface area contributed by atoms with E-state index < -0.39 is 0 Å². The minimum absolute atomic E-state index is 0.142. The maximum absolute atomic E-state index is 13.8. The van der Waals surface area contributed by atoms with Gasteiger partial charge in [-0.3, -0.25) is 4.79 Å². The molecule has 1 amide bonds. The molecule has 0 radical (unpaired) electrons. The van der Waals surface area contributed by atoms with Crippen molar-refractivity contribution in [3.8, 4) is 0 Å². The summed E-state index contributed by atoms with van der Waals surface area (Å²) < 4.78 is 13.8. The number of hydrogen-bond acceptors (Lipinski definition) is 4. The minimum atomic E-state index is -0.212. The van der Waals surface area contributed by atoms with Gasteiger partial charge in [-0.1, -0.05) is 12.1 Å². The quantitative estimate of drug-likeness (QED) is 0.922. The average molecular weight is 308 g/mol. The largest absolute Gasteiger partial charge is 0.344 e. The van der Waals surface area contributed by atoms with Crippen LogP contribution in [0.5, 0.6) is 0 Å². The number of nitrogens with zero attached hydrogens (tertiary/aromatic N) is 1. The van der Waals surface area contributed by atoms with Crippen molar-refractivity contribution in [2.45, 2.75) is 24.3 Å². The number of fused-ring (bicyclic) bond motifs is 1. The summed E-state index contributed by atoms with van der Waals surface area (Å²) in [6.07, 6.45) is 0.802. The SMILES string of the molecule is Cc1nc(C(=O)NC2CCSc3c(F)cccc32)cs1. The van der Waals surface area contributed by atoms with Crippen LogP contribution in [-0.4, -0.2) is 16.6 Å². The third-order valence-corrected chi connectivity index (χ3v) is 5.12. The molecule has 0 saturated carbocycles. The zero-order chi connectivity index (χ0) is 14.1. The van der Waals surface area contributed by atoms with Crippen LogP contribution in [-0.2, 0) is 0 Å². The van der Waals surface area contributed by atoms with Crippen LogP contribution in [0.3, 0.4) is 0 Å². The molecule has 0 aliphatic carbocycles. The molecule has 1 aliphatic rings. The molecule has 0 spiro atoms. The summed E-state index contributed by atoms with van der Waals surface area (Å²) in [6, 6.07) is 4.88. The number of amides is 1. The molecule has 0 bridgehead atoms. The summed E-state index contributed by atoms with van der Waals surface area (Å²) in [7, 11) is 0. The van der Waals surface area contributed by atoms with Gasteiger partial charge >= 0.3 is 0 Å². The molecular formula is C14H13FN2OS2. The van der Waals surface area contributed by atoms with Crippen LogP contribution in [0.4, 0.5) is 4.39 Å². The van der Waals surface area contributed by atoms with Gasteiger partial charge in [0.05, 0.1) is 11.0 Å². The molecule has 1 atom stereocenters. The highest BCUT2D eigenvalue weighted by atomic mass is 32.2. The number of thiazole rings is 1. The molecule has 3 nitrogen and oxygen atoms in total. The predicted octanol–water partition coefficient (Wildman–Crippen LogP) is 3.56. The van der Waals surface area contributed by atoms with E-state index in [1.165, 1.54) is 29.2 Å². The summed E-state index contributed by atoms with van der Waals surface area (Å²) in [5.41, 5.74) is 1.30. The average Bonchev–Trinajstić information content (AvgIpc) is 2.87. The van der Waals surface area contributed by atoms with Gasteiger partial charge < -0.3 is 5.32 Å². The third-order valence-electron chi connectivity index (χ3n) is 3.18. The molecule has 1 aliphatic heterocycles. The van der Waals surface area contributed by atoms with Crippen LogP contribution in [0.25, 0.3) is 0 Å². The molecule has 2 aromatic rings. The van der Waals surface area contributed by atoms with Crippen molar-refractivity contribution in [2.24, 2.45) is 0 Å². The van der Waals surface area contributed by atoms with Gasteiger partial charge in [-0.15, -0.1) is 23.1 Å². The van der Waals surface area contributed by atoms with Gasteiger partial charge in [-0.25, -0.2) is 9.37 Å². The fourth-order valence-electron chi connectivity index (χ4n) is 2.24. The van der Waals surface area contributed by atoms with Crippen LogP contribution in [0, 0.1) is 12.7 Å². The van der Waals surface area contributed by atoms with Crippen molar-refractivity contribution < 1.29 is 9.18 Å². The number of aromatic nitrogens is 1. The van der Waals surface area contributed by atoms with E-state index >= 15 is 0 Å². The van der Waals surface area contributed by atoms with Crippen LogP contribution in [0.1, 0.15) is 33.5 Å². The Kier molecular flexibility index (Phi) is 3.76. The monoisotopic (exact) mass is 308 g/mol. The fourth-order valence-corrected chi connectivity index (χ4v) is 3.97. The van der Waals surface area contributed by atoms with E-state index in [0.29, 0.717) is 10.6 Å². The molecule has 1 unspecified atom stereocenters. The lowest BCUT2D eigenvalue weighted by molar-refractivity contribution is 0.0930. The van der Waals surface area contributed by atoms with Crippen LogP contribution >= 0.6 is 23.1 Å². The number of halogens is 1. The van der Waals surface area contributed by atoms with Crippen molar-refractivity contribution in [2.75, 3.05) is 5.75 Å². The Morgan fingerprint density at radius 3 is 3.10 bits per heavy atom. The van der Waals surface area contributed by atoms with Crippen molar-refractivity contribution in [3.63, 3.8) is 0 Å². The lowest BCUT2D eigenvalue weighted by Gasteiger charge is -2.25. The maximum Gasteiger partial charge on any atom is 0.271 e. The summed E-state index contributed by atoms with van der Waals surface area (Å²) in [6.45, 7) is 1.86. The Balaban J connectivity index is 1.83. The van der Waals surface area contributed by atoms with Crippen molar-refractivity contribution in [1.29, 1.82) is 0 Å². The van der Waals surface area contributed by atoms with Crippen molar-refractivity contribution in [1.82, 2.24) is 10.3 Å². The second kappa shape index (κ2) is 5.54. The predicted molar refractivity (Wildman–Crippen MR) is 78.8 cm³/mol. The number of carbonyl (C=O) groups excluding carboxylic acids is 1. The minimum Gasteiger partial charge on any atom is -0.344 e. The van der Waals surface area contributed by atoms with E-state index in [1.54, 1.807) is 11.4 Å². The van der Waals surface area contributed by atoms with Gasteiger partial charge in [0.15, 0.2) is 0 Å². The highest BCUT2D eigenvalue weighted by molar-refractivity contribution is 7.99. The molecule has 3 rings (SSSR count). The standard InChI is InChI=1S/C14H13FN2OS2/c1-8-16-12(7-20-8)14(18)17-11-5-6-19-13-9(11)3-2-4-10(13)15/h2-4,7,11H,5-6H2,1H3,(H,17,18). The lowest BCUT2D eigenvalue weighted by Crippen LogP contribution is -2.31. The Labute approximate surface area is 124 Å². The summed E-state index contributed by atoms with van der Waals surface area (Å²) in [5, 5.41) is 5.56. The van der Waals surface area contributed by atoms with Gasteiger partial charge in [0.1, 0.15) is 11.5 Å². The normalized spacial score (nSPS) is 17.6. The highest BCUT2D eigenvalue weighted by Crippen LogP contribution is 2.37. The first-order chi connectivity index (χ1) is 9.65. The van der Waals surface area contributed by atoms with E-state index in [1.807, 2.05) is 13.0 Å². The zero-order valence-electron chi connectivity index (χ0n) is 10.9. The fraction of sp³-hybridized carbons (Fsp3) is 0.286. The second-order valence-corrected chi connectivity index (χ2v) is 6.74. The van der Waals surface area contributed by atoms with Crippen LogP contribution < -0.4 is 5.32 Å². The first kappa shape index (κ1) is 13.6. The molecule has 104 valence electrons. The summed E-state index contributed by atoms with van der Waals surface area (Å²) in [5.74, 6) is 0.395. The molecular weight excluding hydrogens is 295 g/mol. The maximum atomic E-state index is 13.8. The van der Waals surface area contributed by atoms with Crippen LogP contribution in [0.15, 0.2) is 28.5 Å². The summed E-state index contributed by atoms with van der Waals surface area (Å²) >= 11 is 2.95. The molecule has 0 fully saturated rings. The van der Waals surface area contributed by atoms with Gasteiger partial charge in [0.2, 0.25) is 0 Å². The lowest BCUT2D eigenvalue weighted by atomic mass is 10.0. The Morgan fingerprint density at radius 1 is 1.50 bits per heavy atom. The van der Waals surface area contributed by atoms with Crippen LogP contribution in [0.2, 0.25) is 0 Å². The Hall–Kier alpha value is -1.40. The van der Waals surface area contributed by atoms with E-state index in [4.69, 9.17) is 0 Å². The molecule has 0 saturated heterocycles. The number of benzene rings is 1. The van der Waals surface area contributed by atoms with E-state index in [-0.39, 0.29) is 17.8 Å².